The first-order chi connectivity index (χ1) is 11.1. The predicted molar refractivity (Wildman–Crippen MR) is 95.4 cm³/mol. The van der Waals surface area contributed by atoms with E-state index in [1.54, 1.807) is 0 Å². The van der Waals surface area contributed by atoms with Gasteiger partial charge in [-0.25, -0.2) is 4.99 Å². The highest BCUT2D eigenvalue weighted by molar-refractivity contribution is 8.03. The van der Waals surface area contributed by atoms with E-state index >= 15 is 0 Å². The van der Waals surface area contributed by atoms with E-state index in [1.807, 2.05) is 61.5 Å². The molecule has 2 N–H and O–H groups in total. The first-order valence-corrected chi connectivity index (χ1v) is 8.23. The maximum Gasteiger partial charge on any atom is 0.118 e. The Labute approximate surface area is 144 Å². The number of hydrogen-bond acceptors (Lipinski definition) is 4. The second-order valence-corrected chi connectivity index (χ2v) is 6.84. The van der Waals surface area contributed by atoms with Crippen molar-refractivity contribution < 1.29 is 0 Å². The van der Waals surface area contributed by atoms with E-state index in [0.29, 0.717) is 21.5 Å². The molecule has 0 saturated heterocycles. The van der Waals surface area contributed by atoms with Crippen LogP contribution in [0.3, 0.4) is 0 Å². The van der Waals surface area contributed by atoms with E-state index in [2.05, 4.69) is 11.1 Å². The lowest BCUT2D eigenvalue weighted by Gasteiger charge is -2.25. The molecule has 23 heavy (non-hydrogen) atoms. The number of nitrogens with zero attached hydrogens (tertiary/aromatic N) is 2. The highest BCUT2D eigenvalue weighted by Gasteiger charge is 2.42. The summed E-state index contributed by atoms with van der Waals surface area (Å²) >= 11 is 7.43. The summed E-state index contributed by atoms with van der Waals surface area (Å²) in [5, 5.41) is 11.0. The fourth-order valence-electron chi connectivity index (χ4n) is 2.56. The Hall–Kier alpha value is -2.22. The van der Waals surface area contributed by atoms with Crippen molar-refractivity contribution in [2.45, 2.75) is 17.2 Å². The zero-order valence-electron chi connectivity index (χ0n) is 12.5. The minimum Gasteiger partial charge on any atom is -0.386 e. The van der Waals surface area contributed by atoms with Crippen LogP contribution in [0.25, 0.3) is 0 Å². The molecule has 1 aliphatic heterocycles. The molecule has 1 aliphatic rings. The molecule has 5 heteroatoms. The highest BCUT2D eigenvalue weighted by Crippen LogP contribution is 2.44. The molecule has 0 saturated carbocycles. The van der Waals surface area contributed by atoms with Crippen LogP contribution in [0.5, 0.6) is 0 Å². The maximum atomic E-state index is 9.71. The number of amidine groups is 1. The molecule has 3 nitrogen and oxygen atoms in total. The normalized spacial score (nSPS) is 20.3. The monoisotopic (exact) mass is 339 g/mol. The van der Waals surface area contributed by atoms with Gasteiger partial charge in [0, 0.05) is 9.92 Å². The first kappa shape index (κ1) is 15.7. The fraction of sp³-hybridized carbons (Fsp3) is 0.111. The smallest absolute Gasteiger partial charge is 0.118 e. The largest absolute Gasteiger partial charge is 0.386 e. The van der Waals surface area contributed by atoms with Crippen LogP contribution in [0.1, 0.15) is 12.5 Å². The Bertz CT molecular complexity index is 852. The van der Waals surface area contributed by atoms with Gasteiger partial charge in [-0.05, 0) is 30.7 Å². The molecule has 0 bridgehead atoms. The van der Waals surface area contributed by atoms with Gasteiger partial charge in [-0.15, -0.1) is 0 Å². The van der Waals surface area contributed by atoms with Gasteiger partial charge in [0.05, 0.1) is 17.1 Å². The van der Waals surface area contributed by atoms with Gasteiger partial charge in [0.25, 0.3) is 0 Å². The van der Waals surface area contributed by atoms with Crippen LogP contribution >= 0.6 is 23.4 Å². The minimum atomic E-state index is -0.698. The Kier molecular flexibility index (Phi) is 4.16. The molecule has 0 radical (unpaired) electrons. The summed E-state index contributed by atoms with van der Waals surface area (Å²) in [4.78, 5) is 5.39. The van der Waals surface area contributed by atoms with E-state index in [4.69, 9.17) is 17.3 Å². The third kappa shape index (κ3) is 2.74. The summed E-state index contributed by atoms with van der Waals surface area (Å²) in [5.74, 6) is 0.435. The van der Waals surface area contributed by atoms with E-state index in [9.17, 15) is 5.26 Å². The van der Waals surface area contributed by atoms with E-state index < -0.39 is 5.41 Å². The molecular weight excluding hydrogens is 326 g/mol. The SMILES string of the molecule is C[C@@]1(c2ccccc2)C(N)=NC(Sc2cccc(Cl)c2)=C1C#N. The lowest BCUT2D eigenvalue weighted by atomic mass is 9.77. The van der Waals surface area contributed by atoms with Crippen molar-refractivity contribution in [1.82, 2.24) is 0 Å². The molecule has 0 amide bonds. The summed E-state index contributed by atoms with van der Waals surface area (Å²) in [6, 6.07) is 19.5. The lowest BCUT2D eigenvalue weighted by molar-refractivity contribution is 0.782. The second kappa shape index (κ2) is 6.11. The topological polar surface area (TPSA) is 62.2 Å². The van der Waals surface area contributed by atoms with E-state index in [0.717, 1.165) is 10.5 Å². The molecule has 1 heterocycles. The summed E-state index contributed by atoms with van der Waals surface area (Å²) in [6.45, 7) is 1.94. The van der Waals surface area contributed by atoms with Crippen molar-refractivity contribution in [2.75, 3.05) is 0 Å². The number of rotatable bonds is 3. The van der Waals surface area contributed by atoms with Gasteiger partial charge < -0.3 is 5.73 Å². The third-order valence-electron chi connectivity index (χ3n) is 3.92. The van der Waals surface area contributed by atoms with Gasteiger partial charge in [0.15, 0.2) is 0 Å². The molecule has 3 rings (SSSR count). The van der Waals surface area contributed by atoms with Crippen molar-refractivity contribution in [2.24, 2.45) is 10.7 Å². The molecule has 2 aromatic carbocycles. The summed E-state index contributed by atoms with van der Waals surface area (Å²) < 4.78 is 0. The van der Waals surface area contributed by atoms with Gasteiger partial charge in [-0.2, -0.15) is 5.26 Å². The number of aliphatic imine (C=N–C) groups is 1. The van der Waals surface area contributed by atoms with Gasteiger partial charge >= 0.3 is 0 Å². The van der Waals surface area contributed by atoms with Crippen molar-refractivity contribution >= 4 is 29.2 Å². The number of benzene rings is 2. The molecule has 2 aromatic rings. The molecule has 0 aliphatic carbocycles. The molecule has 0 spiro atoms. The van der Waals surface area contributed by atoms with Crippen molar-refractivity contribution in [1.29, 1.82) is 5.26 Å². The number of nitriles is 1. The average molecular weight is 340 g/mol. The van der Waals surface area contributed by atoms with Crippen LogP contribution in [0.15, 0.2) is 75.1 Å². The molecule has 0 fully saturated rings. The van der Waals surface area contributed by atoms with Gasteiger partial charge in [-0.3, -0.25) is 0 Å². The van der Waals surface area contributed by atoms with Crippen LogP contribution < -0.4 is 5.73 Å². The highest BCUT2D eigenvalue weighted by atomic mass is 35.5. The zero-order chi connectivity index (χ0) is 16.4. The summed E-state index contributed by atoms with van der Waals surface area (Å²) in [7, 11) is 0. The summed E-state index contributed by atoms with van der Waals surface area (Å²) in [6.07, 6.45) is 0. The molecule has 1 atom stereocenters. The Morgan fingerprint density at radius 2 is 1.91 bits per heavy atom. The van der Waals surface area contributed by atoms with Crippen molar-refractivity contribution in [3.63, 3.8) is 0 Å². The van der Waals surface area contributed by atoms with E-state index in [-0.39, 0.29) is 0 Å². The molecule has 114 valence electrons. The van der Waals surface area contributed by atoms with Gasteiger partial charge in [-0.1, -0.05) is 59.8 Å². The van der Waals surface area contributed by atoms with Crippen molar-refractivity contribution in [3.8, 4) is 6.07 Å². The van der Waals surface area contributed by atoms with Crippen LogP contribution in [-0.2, 0) is 5.41 Å². The number of thioether (sulfide) groups is 1. The Balaban J connectivity index is 2.06. The first-order valence-electron chi connectivity index (χ1n) is 7.04. The fourth-order valence-corrected chi connectivity index (χ4v) is 3.86. The number of hydrogen-bond donors (Lipinski definition) is 1. The molecule has 0 unspecified atom stereocenters. The number of halogens is 1. The molecule has 0 aromatic heterocycles. The van der Waals surface area contributed by atoms with Gasteiger partial charge in [0.1, 0.15) is 10.9 Å². The van der Waals surface area contributed by atoms with Crippen molar-refractivity contribution in [3.05, 3.63) is 75.8 Å². The van der Waals surface area contributed by atoms with E-state index in [1.165, 1.54) is 11.8 Å². The van der Waals surface area contributed by atoms with Crippen LogP contribution in [0, 0.1) is 11.3 Å². The maximum absolute atomic E-state index is 9.71. The predicted octanol–water partition coefficient (Wildman–Crippen LogP) is 4.50. The number of nitrogens with two attached hydrogens (primary N) is 1. The van der Waals surface area contributed by atoms with Crippen LogP contribution in [-0.4, -0.2) is 5.84 Å². The van der Waals surface area contributed by atoms with Gasteiger partial charge in [0.2, 0.25) is 0 Å². The standard InChI is InChI=1S/C18H14ClN3S/c1-18(12-6-3-2-4-7-12)15(11-20)16(22-17(18)21)23-14-9-5-8-13(19)10-14/h2-10H,1H3,(H2,21,22)/t18-/m0/s1. The third-order valence-corrected chi connectivity index (χ3v) is 5.14. The zero-order valence-corrected chi connectivity index (χ0v) is 14.0. The lowest BCUT2D eigenvalue weighted by Crippen LogP contribution is -2.37. The Morgan fingerprint density at radius 3 is 2.57 bits per heavy atom. The Morgan fingerprint density at radius 1 is 1.17 bits per heavy atom. The molecular formula is C18H14ClN3S. The second-order valence-electron chi connectivity index (χ2n) is 5.34. The quantitative estimate of drug-likeness (QED) is 0.895. The minimum absolute atomic E-state index is 0.435. The summed E-state index contributed by atoms with van der Waals surface area (Å²) in [5.41, 5.74) is 7.02. The average Bonchev–Trinajstić information content (AvgIpc) is 2.79. The van der Waals surface area contributed by atoms with Crippen LogP contribution in [0.2, 0.25) is 5.02 Å². The van der Waals surface area contributed by atoms with Crippen LogP contribution in [0.4, 0.5) is 0 Å².